The van der Waals surface area contributed by atoms with Crippen LogP contribution in [0.15, 0.2) is 36.4 Å². The van der Waals surface area contributed by atoms with Gasteiger partial charge in [-0.1, -0.05) is 46.2 Å². The number of imide groups is 1. The summed E-state index contributed by atoms with van der Waals surface area (Å²) in [6.45, 7) is 9.11. The molecule has 5 amide bonds. The van der Waals surface area contributed by atoms with Gasteiger partial charge < -0.3 is 20.7 Å². The molecule has 3 N–H and O–H groups in total. The number of rotatable bonds is 15. The maximum atomic E-state index is 12.9. The molecule has 2 atom stereocenters. The number of esters is 1. The molecule has 1 aromatic rings. The van der Waals surface area contributed by atoms with Crippen LogP contribution in [0, 0.1) is 11.8 Å². The van der Waals surface area contributed by atoms with Crippen LogP contribution in [0.4, 0.5) is 5.69 Å². The van der Waals surface area contributed by atoms with E-state index in [1.807, 2.05) is 0 Å². The normalized spacial score (nSPS) is 14.3. The predicted octanol–water partition coefficient (Wildman–Crippen LogP) is 2.46. The zero-order valence-corrected chi connectivity index (χ0v) is 23.8. The summed E-state index contributed by atoms with van der Waals surface area (Å²) in [6, 6.07) is 5.16. The van der Waals surface area contributed by atoms with E-state index in [2.05, 4.69) is 16.0 Å². The summed E-state index contributed by atoms with van der Waals surface area (Å²) in [5.41, 5.74) is 1.30. The molecule has 40 heavy (non-hydrogen) atoms. The van der Waals surface area contributed by atoms with Crippen molar-refractivity contribution >= 4 is 41.2 Å². The molecule has 0 bridgehead atoms. The van der Waals surface area contributed by atoms with Crippen molar-refractivity contribution in [2.24, 2.45) is 11.8 Å². The number of unbranched alkanes of at least 4 members (excludes halogenated alkanes) is 2. The number of hydrogen-bond donors (Lipinski definition) is 3. The highest BCUT2D eigenvalue weighted by Crippen LogP contribution is 2.13. The lowest BCUT2D eigenvalue weighted by Crippen LogP contribution is -2.53. The molecule has 1 aliphatic rings. The summed E-state index contributed by atoms with van der Waals surface area (Å²) in [7, 11) is 0. The number of hydrogen-bond acceptors (Lipinski definition) is 7. The van der Waals surface area contributed by atoms with Crippen LogP contribution in [-0.2, 0) is 40.1 Å². The average Bonchev–Trinajstić information content (AvgIpc) is 3.22. The van der Waals surface area contributed by atoms with E-state index in [-0.39, 0.29) is 48.6 Å². The Labute approximate surface area is 235 Å². The Kier molecular flexibility index (Phi) is 12.5. The molecule has 218 valence electrons. The zero-order valence-electron chi connectivity index (χ0n) is 23.8. The molecule has 1 aromatic carbocycles. The molecular formula is C29H40N4O7. The second-order valence-electron chi connectivity index (χ2n) is 10.4. The smallest absolute Gasteiger partial charge is 0.308 e. The van der Waals surface area contributed by atoms with Gasteiger partial charge in [-0.3, -0.25) is 33.7 Å². The number of carbonyl (C=O) groups is 6. The quantitative estimate of drug-likeness (QED) is 0.171. The summed E-state index contributed by atoms with van der Waals surface area (Å²) >= 11 is 0. The highest BCUT2D eigenvalue weighted by molar-refractivity contribution is 6.12. The number of amides is 5. The largest absolute Gasteiger partial charge is 0.461 e. The molecule has 11 heteroatoms. The Morgan fingerprint density at radius 2 is 1.45 bits per heavy atom. The number of benzene rings is 1. The van der Waals surface area contributed by atoms with E-state index < -0.39 is 23.9 Å². The van der Waals surface area contributed by atoms with E-state index in [1.54, 1.807) is 58.9 Å². The molecule has 0 saturated carbocycles. The number of anilines is 1. The highest BCUT2D eigenvalue weighted by Gasteiger charge is 2.27. The fourth-order valence-corrected chi connectivity index (χ4v) is 3.79. The second kappa shape index (κ2) is 15.5. The zero-order chi connectivity index (χ0) is 29.8. The number of ether oxygens (including phenoxy) is 1. The van der Waals surface area contributed by atoms with Crippen molar-refractivity contribution in [3.05, 3.63) is 42.0 Å². The van der Waals surface area contributed by atoms with E-state index in [1.165, 1.54) is 17.1 Å². The minimum Gasteiger partial charge on any atom is -0.461 e. The Morgan fingerprint density at radius 3 is 2.02 bits per heavy atom. The fourth-order valence-electron chi connectivity index (χ4n) is 3.79. The van der Waals surface area contributed by atoms with Gasteiger partial charge in [-0.2, -0.15) is 0 Å². The summed E-state index contributed by atoms with van der Waals surface area (Å²) < 4.78 is 5.19. The molecule has 0 saturated heterocycles. The lowest BCUT2D eigenvalue weighted by molar-refractivity contribution is -0.148. The van der Waals surface area contributed by atoms with E-state index >= 15 is 0 Å². The van der Waals surface area contributed by atoms with Crippen LogP contribution in [0.1, 0.15) is 65.9 Å². The number of nitrogens with one attached hydrogen (secondary N) is 3. The summed E-state index contributed by atoms with van der Waals surface area (Å²) in [4.78, 5) is 73.9. The van der Waals surface area contributed by atoms with Crippen LogP contribution in [-0.4, -0.2) is 59.0 Å². The first-order valence-corrected chi connectivity index (χ1v) is 13.6. The van der Waals surface area contributed by atoms with Gasteiger partial charge in [0.25, 0.3) is 11.8 Å². The number of carbonyl (C=O) groups excluding carboxylic acids is 6. The Hall–Kier alpha value is -4.02. The molecule has 0 aromatic heterocycles. The molecule has 0 aliphatic carbocycles. The molecular weight excluding hydrogens is 516 g/mol. The van der Waals surface area contributed by atoms with Crippen molar-refractivity contribution in [1.82, 2.24) is 15.5 Å². The third kappa shape index (κ3) is 10.3. The van der Waals surface area contributed by atoms with E-state index in [0.717, 1.165) is 5.56 Å². The third-order valence-electron chi connectivity index (χ3n) is 6.28. The van der Waals surface area contributed by atoms with Crippen LogP contribution in [0.3, 0.4) is 0 Å². The third-order valence-corrected chi connectivity index (χ3v) is 6.28. The molecule has 1 unspecified atom stereocenters. The van der Waals surface area contributed by atoms with Crippen molar-refractivity contribution in [2.45, 2.75) is 79.0 Å². The monoisotopic (exact) mass is 556 g/mol. The fraction of sp³-hybridized carbons (Fsp3) is 0.517. The van der Waals surface area contributed by atoms with Crippen LogP contribution < -0.4 is 16.0 Å². The van der Waals surface area contributed by atoms with Crippen molar-refractivity contribution in [1.29, 1.82) is 0 Å². The summed E-state index contributed by atoms with van der Waals surface area (Å²) in [6.07, 6.45) is 4.45. The van der Waals surface area contributed by atoms with E-state index in [4.69, 9.17) is 4.74 Å². The van der Waals surface area contributed by atoms with Gasteiger partial charge in [0.05, 0.1) is 5.92 Å². The molecule has 1 aliphatic heterocycles. The SMILES string of the molecule is CC(C)C(=O)OCc1ccc(NC(=O)[C@@H](C)NC(=O)C(NC(=O)CCCCCN2C(=O)C=CC2=O)C(C)C)cc1. The van der Waals surface area contributed by atoms with Crippen LogP contribution >= 0.6 is 0 Å². The van der Waals surface area contributed by atoms with E-state index in [9.17, 15) is 28.8 Å². The maximum absolute atomic E-state index is 12.9. The van der Waals surface area contributed by atoms with Crippen LogP contribution in [0.2, 0.25) is 0 Å². The second-order valence-corrected chi connectivity index (χ2v) is 10.4. The molecule has 0 radical (unpaired) electrons. The molecule has 11 nitrogen and oxygen atoms in total. The lowest BCUT2D eigenvalue weighted by atomic mass is 10.0. The van der Waals surface area contributed by atoms with Gasteiger partial charge >= 0.3 is 5.97 Å². The van der Waals surface area contributed by atoms with Gasteiger partial charge in [-0.05, 0) is 43.4 Å². The number of nitrogens with zero attached hydrogens (tertiary/aromatic N) is 1. The van der Waals surface area contributed by atoms with Crippen molar-refractivity contribution in [3.63, 3.8) is 0 Å². The van der Waals surface area contributed by atoms with Gasteiger partial charge in [0.15, 0.2) is 0 Å². The lowest BCUT2D eigenvalue weighted by Gasteiger charge is -2.24. The first-order chi connectivity index (χ1) is 18.9. The average molecular weight is 557 g/mol. The van der Waals surface area contributed by atoms with Gasteiger partial charge in [-0.25, -0.2) is 0 Å². The maximum Gasteiger partial charge on any atom is 0.308 e. The Balaban J connectivity index is 1.76. The van der Waals surface area contributed by atoms with Crippen molar-refractivity contribution in [2.75, 3.05) is 11.9 Å². The minimum absolute atomic E-state index is 0.137. The minimum atomic E-state index is -0.858. The predicted molar refractivity (Wildman–Crippen MR) is 148 cm³/mol. The van der Waals surface area contributed by atoms with Gasteiger partial charge in [0.2, 0.25) is 17.7 Å². The van der Waals surface area contributed by atoms with Crippen LogP contribution in [0.5, 0.6) is 0 Å². The Bertz CT molecular complexity index is 1090. The molecule has 2 rings (SSSR count). The van der Waals surface area contributed by atoms with Crippen LogP contribution in [0.25, 0.3) is 0 Å². The Morgan fingerprint density at radius 1 is 0.825 bits per heavy atom. The van der Waals surface area contributed by atoms with Crippen molar-refractivity contribution < 1.29 is 33.5 Å². The van der Waals surface area contributed by atoms with Gasteiger partial charge in [0, 0.05) is 30.8 Å². The first-order valence-electron chi connectivity index (χ1n) is 13.6. The summed E-state index contributed by atoms with van der Waals surface area (Å²) in [5.74, 6) is -2.54. The van der Waals surface area contributed by atoms with Gasteiger partial charge in [0.1, 0.15) is 18.7 Å². The van der Waals surface area contributed by atoms with Crippen molar-refractivity contribution in [3.8, 4) is 0 Å². The van der Waals surface area contributed by atoms with Gasteiger partial charge in [-0.15, -0.1) is 0 Å². The highest BCUT2D eigenvalue weighted by atomic mass is 16.5. The molecule has 1 heterocycles. The van der Waals surface area contributed by atoms with E-state index in [0.29, 0.717) is 31.5 Å². The molecule has 0 spiro atoms. The molecule has 0 fully saturated rings. The first kappa shape index (κ1) is 32.2. The topological polar surface area (TPSA) is 151 Å². The summed E-state index contributed by atoms with van der Waals surface area (Å²) in [5, 5.41) is 8.13. The standard InChI is InChI=1S/C29H40N4O7/c1-18(2)26(32-23(34)9-7-6-8-16-33-24(35)14-15-25(33)36)28(38)30-20(5)27(37)31-22-12-10-21(11-13-22)17-40-29(39)19(3)4/h10-15,18-20,26H,6-9,16-17H2,1-5H3,(H,30,38)(H,31,37)(H,32,34)/t20-,26?/m1/s1.